The molecule has 1 heterocycles. The van der Waals surface area contributed by atoms with Gasteiger partial charge in [-0.2, -0.15) is 8.42 Å². The van der Waals surface area contributed by atoms with E-state index in [1.807, 2.05) is 0 Å². The maximum absolute atomic E-state index is 13.4. The van der Waals surface area contributed by atoms with E-state index in [0.29, 0.717) is 0 Å². The molecule has 2 rings (SSSR count). The number of H-pyrrole nitrogens is 1. The largest absolute Gasteiger partial charge is 0.334 e. The van der Waals surface area contributed by atoms with Crippen molar-refractivity contribution in [2.75, 3.05) is 4.72 Å². The van der Waals surface area contributed by atoms with Crippen molar-refractivity contribution in [2.45, 2.75) is 11.9 Å². The van der Waals surface area contributed by atoms with Gasteiger partial charge in [-0.3, -0.25) is 4.72 Å². The number of aromatic nitrogens is 2. The maximum Gasteiger partial charge on any atom is 0.279 e. The van der Waals surface area contributed by atoms with Gasteiger partial charge in [-0.1, -0.05) is 6.07 Å². The summed E-state index contributed by atoms with van der Waals surface area (Å²) in [5.41, 5.74) is 0.674. The average Bonchev–Trinajstić information content (AvgIpc) is 2.77. The lowest BCUT2D eigenvalue weighted by molar-refractivity contribution is 0.595. The number of rotatable bonds is 3. The molecule has 0 unspecified atom stereocenters. The number of aryl methyl sites for hydroxylation is 1. The fourth-order valence-corrected chi connectivity index (χ4v) is 2.27. The first kappa shape index (κ1) is 11.6. The zero-order chi connectivity index (χ0) is 12.5. The quantitative estimate of drug-likeness (QED) is 0.875. The summed E-state index contributed by atoms with van der Waals surface area (Å²) in [5.74, 6) is -0.626. The van der Waals surface area contributed by atoms with Gasteiger partial charge in [-0.05, 0) is 24.6 Å². The Morgan fingerprint density at radius 3 is 2.82 bits per heavy atom. The van der Waals surface area contributed by atoms with Crippen LogP contribution >= 0.6 is 0 Å². The number of nitrogens with one attached hydrogen (secondary N) is 2. The summed E-state index contributed by atoms with van der Waals surface area (Å²) >= 11 is 0. The first-order valence-corrected chi connectivity index (χ1v) is 6.25. The van der Waals surface area contributed by atoms with Gasteiger partial charge in [-0.15, -0.1) is 0 Å². The molecule has 0 saturated heterocycles. The molecule has 0 radical (unpaired) electrons. The molecule has 17 heavy (non-hydrogen) atoms. The summed E-state index contributed by atoms with van der Waals surface area (Å²) in [6, 6.07) is 4.19. The van der Waals surface area contributed by atoms with Crippen LogP contribution in [0.25, 0.3) is 0 Å². The Kier molecular flexibility index (Phi) is 2.84. The zero-order valence-electron chi connectivity index (χ0n) is 8.94. The molecule has 0 aliphatic carbocycles. The van der Waals surface area contributed by atoms with Gasteiger partial charge in [-0.25, -0.2) is 9.37 Å². The van der Waals surface area contributed by atoms with Crippen LogP contribution in [0.15, 0.2) is 35.7 Å². The first-order valence-electron chi connectivity index (χ1n) is 4.76. The van der Waals surface area contributed by atoms with Crippen molar-refractivity contribution < 1.29 is 12.8 Å². The van der Waals surface area contributed by atoms with Crippen LogP contribution in [-0.2, 0) is 10.0 Å². The van der Waals surface area contributed by atoms with Gasteiger partial charge in [0.25, 0.3) is 10.0 Å². The number of nitrogens with zero attached hydrogens (tertiary/aromatic N) is 1. The first-order chi connectivity index (χ1) is 7.99. The van der Waals surface area contributed by atoms with Crippen LogP contribution in [0.1, 0.15) is 5.56 Å². The van der Waals surface area contributed by atoms with E-state index >= 15 is 0 Å². The van der Waals surface area contributed by atoms with E-state index in [0.717, 1.165) is 11.8 Å². The molecule has 90 valence electrons. The molecule has 1 aromatic carbocycles. The van der Waals surface area contributed by atoms with Gasteiger partial charge in [0.05, 0.1) is 18.2 Å². The molecule has 0 saturated carbocycles. The molecule has 0 amide bonds. The Labute approximate surface area is 97.8 Å². The van der Waals surface area contributed by atoms with Crippen LogP contribution in [0, 0.1) is 12.7 Å². The third-order valence-electron chi connectivity index (χ3n) is 2.13. The van der Waals surface area contributed by atoms with Crippen molar-refractivity contribution in [1.82, 2.24) is 9.97 Å². The molecule has 5 nitrogen and oxygen atoms in total. The molecule has 1 aromatic heterocycles. The molecule has 2 aromatic rings. The van der Waals surface area contributed by atoms with Crippen LogP contribution < -0.4 is 4.72 Å². The molecule has 7 heteroatoms. The van der Waals surface area contributed by atoms with E-state index in [1.165, 1.54) is 18.5 Å². The second kappa shape index (κ2) is 4.17. The van der Waals surface area contributed by atoms with Crippen LogP contribution in [0.4, 0.5) is 10.1 Å². The molecule has 0 spiro atoms. The molecule has 0 bridgehead atoms. The lowest BCUT2D eigenvalue weighted by atomic mass is 10.2. The Balaban J connectivity index is 2.36. The number of aromatic amines is 1. The number of halogens is 1. The van der Waals surface area contributed by atoms with E-state index in [1.54, 1.807) is 13.0 Å². The normalized spacial score (nSPS) is 11.4. The highest BCUT2D eigenvalue weighted by atomic mass is 32.2. The standard InChI is InChI=1S/C10H10FN3O2S/c1-7-2-3-8(11)9(4-7)14-17(15,16)10-5-12-6-13-10/h2-6,14H,1H3,(H,12,13). The van der Waals surface area contributed by atoms with E-state index in [4.69, 9.17) is 0 Å². The number of hydrogen-bond acceptors (Lipinski definition) is 3. The van der Waals surface area contributed by atoms with Gasteiger partial charge in [0.1, 0.15) is 5.82 Å². The molecule has 0 atom stereocenters. The van der Waals surface area contributed by atoms with Crippen molar-refractivity contribution in [1.29, 1.82) is 0 Å². The van der Waals surface area contributed by atoms with Gasteiger partial charge in [0.2, 0.25) is 0 Å². The monoisotopic (exact) mass is 255 g/mol. The summed E-state index contributed by atoms with van der Waals surface area (Å²) in [6.07, 6.45) is 2.39. The zero-order valence-corrected chi connectivity index (χ0v) is 9.75. The fourth-order valence-electron chi connectivity index (χ4n) is 1.31. The van der Waals surface area contributed by atoms with Gasteiger partial charge in [0, 0.05) is 0 Å². The second-order valence-corrected chi connectivity index (χ2v) is 5.16. The van der Waals surface area contributed by atoms with Crippen LogP contribution in [0.2, 0.25) is 0 Å². The Morgan fingerprint density at radius 1 is 1.41 bits per heavy atom. The van der Waals surface area contributed by atoms with Gasteiger partial charge >= 0.3 is 0 Å². The molecule has 0 fully saturated rings. The molecular weight excluding hydrogens is 245 g/mol. The van der Waals surface area contributed by atoms with Crippen LogP contribution in [-0.4, -0.2) is 18.4 Å². The number of sulfonamides is 1. The average molecular weight is 255 g/mol. The van der Waals surface area contributed by atoms with E-state index < -0.39 is 15.8 Å². The highest BCUT2D eigenvalue weighted by Crippen LogP contribution is 2.19. The van der Waals surface area contributed by atoms with Crippen LogP contribution in [0.5, 0.6) is 0 Å². The summed E-state index contributed by atoms with van der Waals surface area (Å²) in [6.45, 7) is 1.74. The van der Waals surface area contributed by atoms with E-state index in [9.17, 15) is 12.8 Å². The topological polar surface area (TPSA) is 74.8 Å². The van der Waals surface area contributed by atoms with Crippen molar-refractivity contribution in [3.05, 3.63) is 42.1 Å². The lowest BCUT2D eigenvalue weighted by Crippen LogP contribution is -2.14. The SMILES string of the molecule is Cc1ccc(F)c(NS(=O)(=O)c2cnc[nH]2)c1. The fraction of sp³-hybridized carbons (Fsp3) is 0.100. The van der Waals surface area contributed by atoms with Gasteiger partial charge in [0.15, 0.2) is 5.03 Å². The van der Waals surface area contributed by atoms with E-state index in [-0.39, 0.29) is 10.7 Å². The van der Waals surface area contributed by atoms with Crippen molar-refractivity contribution >= 4 is 15.7 Å². The Bertz CT molecular complexity index is 623. The predicted octanol–water partition coefficient (Wildman–Crippen LogP) is 1.66. The number of imidazole rings is 1. The third kappa shape index (κ3) is 2.44. The minimum atomic E-state index is -3.82. The lowest BCUT2D eigenvalue weighted by Gasteiger charge is -2.07. The van der Waals surface area contributed by atoms with E-state index in [2.05, 4.69) is 14.7 Å². The maximum atomic E-state index is 13.4. The minimum Gasteiger partial charge on any atom is -0.334 e. The van der Waals surface area contributed by atoms with Crippen molar-refractivity contribution in [3.8, 4) is 0 Å². The van der Waals surface area contributed by atoms with Crippen molar-refractivity contribution in [3.63, 3.8) is 0 Å². The number of anilines is 1. The molecule has 2 N–H and O–H groups in total. The Morgan fingerprint density at radius 2 is 2.18 bits per heavy atom. The number of benzene rings is 1. The Hall–Kier alpha value is -1.89. The summed E-state index contributed by atoms with van der Waals surface area (Å²) in [7, 11) is -3.82. The summed E-state index contributed by atoms with van der Waals surface area (Å²) in [5, 5.41) is -0.113. The molecular formula is C10H10FN3O2S. The predicted molar refractivity (Wildman–Crippen MR) is 60.5 cm³/mol. The van der Waals surface area contributed by atoms with Crippen LogP contribution in [0.3, 0.4) is 0 Å². The third-order valence-corrected chi connectivity index (χ3v) is 3.42. The van der Waals surface area contributed by atoms with Gasteiger partial charge < -0.3 is 4.98 Å². The highest BCUT2D eigenvalue weighted by molar-refractivity contribution is 7.92. The molecule has 0 aliphatic rings. The number of hydrogen-bond donors (Lipinski definition) is 2. The second-order valence-electron chi connectivity index (χ2n) is 3.50. The summed E-state index contributed by atoms with van der Waals surface area (Å²) in [4.78, 5) is 6.05. The van der Waals surface area contributed by atoms with Crippen molar-refractivity contribution in [2.24, 2.45) is 0 Å². The smallest absolute Gasteiger partial charge is 0.279 e. The summed E-state index contributed by atoms with van der Waals surface area (Å²) < 4.78 is 39.1. The highest BCUT2D eigenvalue weighted by Gasteiger charge is 2.17. The minimum absolute atomic E-state index is 0.0837. The molecule has 0 aliphatic heterocycles.